The molecule has 0 spiro atoms. The van der Waals surface area contributed by atoms with Crippen LogP contribution in [-0.2, 0) is 11.3 Å². The van der Waals surface area contributed by atoms with Gasteiger partial charge in [0.05, 0.1) is 35.7 Å². The van der Waals surface area contributed by atoms with Crippen molar-refractivity contribution in [3.63, 3.8) is 0 Å². The standard InChI is InChI=1S/C19H19N5O5S/c1-4-8-23-18(14-7-9-29-12(14)2)21-22-19(23)30-11-17(25)20-15-6-5-13(28-3)10-16(15)24(26)27/h4-7,9-10H,1,8,11H2,2-3H3,(H,20,25). The number of hydrogen-bond acceptors (Lipinski definition) is 8. The molecule has 1 amide bonds. The molecule has 0 radical (unpaired) electrons. The van der Waals surface area contributed by atoms with E-state index in [0.29, 0.717) is 29.0 Å². The molecule has 0 bridgehead atoms. The van der Waals surface area contributed by atoms with Gasteiger partial charge in [-0.2, -0.15) is 0 Å². The molecule has 2 aromatic heterocycles. The molecular formula is C19H19N5O5S. The number of aromatic nitrogens is 3. The van der Waals surface area contributed by atoms with E-state index in [4.69, 9.17) is 9.15 Å². The number of rotatable bonds is 9. The summed E-state index contributed by atoms with van der Waals surface area (Å²) in [4.78, 5) is 23.1. The number of methoxy groups -OCH3 is 1. The fourth-order valence-corrected chi connectivity index (χ4v) is 3.46. The van der Waals surface area contributed by atoms with E-state index in [0.717, 1.165) is 17.3 Å². The Morgan fingerprint density at radius 3 is 2.87 bits per heavy atom. The zero-order valence-electron chi connectivity index (χ0n) is 16.3. The van der Waals surface area contributed by atoms with Crippen LogP contribution in [0.15, 0.2) is 52.8 Å². The van der Waals surface area contributed by atoms with Crippen molar-refractivity contribution < 1.29 is 18.9 Å². The second kappa shape index (κ2) is 9.27. The van der Waals surface area contributed by atoms with Gasteiger partial charge < -0.3 is 14.5 Å². The first-order valence-corrected chi connectivity index (χ1v) is 9.76. The van der Waals surface area contributed by atoms with E-state index in [2.05, 4.69) is 22.1 Å². The van der Waals surface area contributed by atoms with Crippen LogP contribution in [0.1, 0.15) is 5.76 Å². The van der Waals surface area contributed by atoms with Gasteiger partial charge >= 0.3 is 0 Å². The Kier molecular flexibility index (Phi) is 6.52. The van der Waals surface area contributed by atoms with Gasteiger partial charge in [-0.15, -0.1) is 16.8 Å². The monoisotopic (exact) mass is 429 g/mol. The summed E-state index contributed by atoms with van der Waals surface area (Å²) in [7, 11) is 1.41. The average Bonchev–Trinajstić information content (AvgIpc) is 3.32. The molecule has 0 aliphatic carbocycles. The van der Waals surface area contributed by atoms with E-state index in [9.17, 15) is 14.9 Å². The van der Waals surface area contributed by atoms with E-state index in [1.807, 2.05) is 11.5 Å². The minimum absolute atomic E-state index is 0.0111. The van der Waals surface area contributed by atoms with Crippen molar-refractivity contribution in [3.05, 3.63) is 59.1 Å². The quantitative estimate of drug-likeness (QED) is 0.236. The van der Waals surface area contributed by atoms with Crippen LogP contribution in [0.25, 0.3) is 11.4 Å². The number of aryl methyl sites for hydroxylation is 1. The number of nitro groups is 1. The summed E-state index contributed by atoms with van der Waals surface area (Å²) in [6.07, 6.45) is 3.27. The third-order valence-electron chi connectivity index (χ3n) is 4.14. The minimum atomic E-state index is -0.578. The molecule has 3 rings (SSSR count). The van der Waals surface area contributed by atoms with Crippen LogP contribution in [-0.4, -0.2) is 38.5 Å². The number of nitrogens with one attached hydrogen (secondary N) is 1. The van der Waals surface area contributed by atoms with Gasteiger partial charge in [-0.3, -0.25) is 19.5 Å². The average molecular weight is 429 g/mol. The van der Waals surface area contributed by atoms with Crippen LogP contribution in [0.2, 0.25) is 0 Å². The lowest BCUT2D eigenvalue weighted by Gasteiger charge is -2.09. The van der Waals surface area contributed by atoms with Gasteiger partial charge in [-0.05, 0) is 25.1 Å². The van der Waals surface area contributed by atoms with Crippen LogP contribution in [0.3, 0.4) is 0 Å². The molecule has 0 aliphatic rings. The van der Waals surface area contributed by atoms with Gasteiger partial charge in [0.15, 0.2) is 11.0 Å². The summed E-state index contributed by atoms with van der Waals surface area (Å²) in [6.45, 7) is 6.02. The normalized spacial score (nSPS) is 10.6. The van der Waals surface area contributed by atoms with Gasteiger partial charge in [0.1, 0.15) is 17.2 Å². The topological polar surface area (TPSA) is 125 Å². The van der Waals surface area contributed by atoms with Crippen molar-refractivity contribution in [3.8, 4) is 17.1 Å². The summed E-state index contributed by atoms with van der Waals surface area (Å²) in [5, 5.41) is 22.7. The molecule has 0 fully saturated rings. The maximum absolute atomic E-state index is 12.4. The van der Waals surface area contributed by atoms with E-state index in [-0.39, 0.29) is 17.1 Å². The summed E-state index contributed by atoms with van der Waals surface area (Å²) >= 11 is 1.16. The van der Waals surface area contributed by atoms with Crippen molar-refractivity contribution >= 4 is 29.0 Å². The maximum Gasteiger partial charge on any atom is 0.296 e. The molecule has 0 unspecified atom stereocenters. The van der Waals surface area contributed by atoms with Crippen LogP contribution in [0, 0.1) is 17.0 Å². The first-order chi connectivity index (χ1) is 14.4. The smallest absolute Gasteiger partial charge is 0.296 e. The van der Waals surface area contributed by atoms with Crippen LogP contribution >= 0.6 is 11.8 Å². The molecule has 11 heteroatoms. The first-order valence-electron chi connectivity index (χ1n) is 8.78. The van der Waals surface area contributed by atoms with E-state index < -0.39 is 10.8 Å². The zero-order valence-corrected chi connectivity index (χ0v) is 17.1. The van der Waals surface area contributed by atoms with Gasteiger partial charge in [0.25, 0.3) is 5.69 Å². The Labute approximate surface area is 176 Å². The Bertz CT molecular complexity index is 1090. The molecule has 2 heterocycles. The number of thioether (sulfide) groups is 1. The maximum atomic E-state index is 12.4. The number of anilines is 1. The fraction of sp³-hybridized carbons (Fsp3) is 0.211. The predicted octanol–water partition coefficient (Wildman–Crippen LogP) is 3.68. The number of carbonyl (C=O) groups excluding carboxylic acids is 1. The third kappa shape index (κ3) is 4.51. The Balaban J connectivity index is 1.74. The molecule has 0 aliphatic heterocycles. The van der Waals surface area contributed by atoms with Gasteiger partial charge in [-0.1, -0.05) is 17.8 Å². The van der Waals surface area contributed by atoms with Crippen molar-refractivity contribution in [1.82, 2.24) is 14.8 Å². The van der Waals surface area contributed by atoms with Crippen molar-refractivity contribution in [2.45, 2.75) is 18.6 Å². The van der Waals surface area contributed by atoms with Crippen molar-refractivity contribution in [1.29, 1.82) is 0 Å². The fourth-order valence-electron chi connectivity index (χ4n) is 2.72. The molecule has 0 saturated carbocycles. The largest absolute Gasteiger partial charge is 0.496 e. The van der Waals surface area contributed by atoms with E-state index >= 15 is 0 Å². The highest BCUT2D eigenvalue weighted by atomic mass is 32.2. The van der Waals surface area contributed by atoms with Crippen LogP contribution < -0.4 is 10.1 Å². The third-order valence-corrected chi connectivity index (χ3v) is 5.10. The van der Waals surface area contributed by atoms with Crippen molar-refractivity contribution in [2.24, 2.45) is 0 Å². The SMILES string of the molecule is C=CCn1c(SCC(=O)Nc2ccc(OC)cc2[N+](=O)[O-])nnc1-c1ccoc1C. The summed E-state index contributed by atoms with van der Waals surface area (Å²) in [5.74, 6) is 1.21. The second-order valence-electron chi connectivity index (χ2n) is 6.07. The van der Waals surface area contributed by atoms with Gasteiger partial charge in [-0.25, -0.2) is 0 Å². The predicted molar refractivity (Wildman–Crippen MR) is 112 cm³/mol. The first kappa shape index (κ1) is 21.1. The highest BCUT2D eigenvalue weighted by Gasteiger charge is 2.20. The van der Waals surface area contributed by atoms with Gasteiger partial charge in [0.2, 0.25) is 5.91 Å². The Hall–Kier alpha value is -3.60. The molecule has 3 aromatic rings. The minimum Gasteiger partial charge on any atom is -0.496 e. The van der Waals surface area contributed by atoms with E-state index in [1.165, 1.54) is 25.3 Å². The van der Waals surface area contributed by atoms with E-state index in [1.54, 1.807) is 18.4 Å². The molecule has 0 saturated heterocycles. The number of furan rings is 1. The summed E-state index contributed by atoms with van der Waals surface area (Å²) in [6, 6.07) is 6.02. The van der Waals surface area contributed by atoms with Crippen molar-refractivity contribution in [2.75, 3.05) is 18.2 Å². The lowest BCUT2D eigenvalue weighted by Crippen LogP contribution is -2.15. The van der Waals surface area contributed by atoms with Crippen LogP contribution in [0.4, 0.5) is 11.4 Å². The lowest BCUT2D eigenvalue weighted by molar-refractivity contribution is -0.384. The highest BCUT2D eigenvalue weighted by molar-refractivity contribution is 7.99. The number of hydrogen-bond donors (Lipinski definition) is 1. The zero-order chi connectivity index (χ0) is 21.7. The highest BCUT2D eigenvalue weighted by Crippen LogP contribution is 2.30. The lowest BCUT2D eigenvalue weighted by atomic mass is 10.2. The number of benzene rings is 1. The Morgan fingerprint density at radius 2 is 2.23 bits per heavy atom. The molecular weight excluding hydrogens is 410 g/mol. The second-order valence-corrected chi connectivity index (χ2v) is 7.02. The summed E-state index contributed by atoms with van der Waals surface area (Å²) in [5.41, 5.74) is 0.642. The Morgan fingerprint density at radius 1 is 1.43 bits per heavy atom. The number of nitro benzene ring substituents is 1. The van der Waals surface area contributed by atoms with Gasteiger partial charge in [0, 0.05) is 6.54 Å². The number of ether oxygens (including phenoxy) is 1. The number of nitrogens with zero attached hydrogens (tertiary/aromatic N) is 4. The molecule has 10 nitrogen and oxygen atoms in total. The molecule has 0 atom stereocenters. The van der Waals surface area contributed by atoms with Crippen LogP contribution in [0.5, 0.6) is 5.75 Å². The molecule has 30 heavy (non-hydrogen) atoms. The molecule has 1 N–H and O–H groups in total. The molecule has 1 aromatic carbocycles. The number of amides is 1. The molecule has 156 valence electrons. The number of carbonyl (C=O) groups is 1. The number of allylic oxidation sites excluding steroid dienone is 1. The summed E-state index contributed by atoms with van der Waals surface area (Å²) < 4.78 is 12.1.